The summed E-state index contributed by atoms with van der Waals surface area (Å²) in [6.45, 7) is 4.69. The van der Waals surface area contributed by atoms with E-state index in [2.05, 4.69) is 27.2 Å². The van der Waals surface area contributed by atoms with E-state index in [0.717, 1.165) is 38.0 Å². The minimum absolute atomic E-state index is 0.109. The molecule has 3 saturated heterocycles. The van der Waals surface area contributed by atoms with Crippen LogP contribution in [-0.4, -0.2) is 75.7 Å². The minimum Gasteiger partial charge on any atom is -0.328 e. The Kier molecular flexibility index (Phi) is 4.68. The van der Waals surface area contributed by atoms with Crippen molar-refractivity contribution in [2.45, 2.75) is 75.3 Å². The molecule has 3 amide bonds. The Hall–Kier alpha value is -2.29. The molecule has 0 aromatic heterocycles. The van der Waals surface area contributed by atoms with Crippen molar-refractivity contribution in [2.75, 3.05) is 19.6 Å². The van der Waals surface area contributed by atoms with Gasteiger partial charge in [0.15, 0.2) is 0 Å². The number of carbonyl (C=O) groups is 3. The van der Waals surface area contributed by atoms with Gasteiger partial charge in [-0.3, -0.25) is 29.5 Å². The number of rotatable bonds is 3. The molecule has 2 unspecified atom stereocenters. The van der Waals surface area contributed by atoms with Crippen LogP contribution in [0.4, 0.5) is 0 Å². The van der Waals surface area contributed by atoms with Crippen molar-refractivity contribution < 1.29 is 14.4 Å². The van der Waals surface area contributed by atoms with Gasteiger partial charge in [0, 0.05) is 55.8 Å². The van der Waals surface area contributed by atoms with Crippen LogP contribution in [0.3, 0.4) is 0 Å². The van der Waals surface area contributed by atoms with Crippen molar-refractivity contribution in [3.05, 3.63) is 34.9 Å². The third-order valence-corrected chi connectivity index (χ3v) is 8.46. The fourth-order valence-corrected chi connectivity index (χ4v) is 6.95. The first-order valence-corrected chi connectivity index (χ1v) is 12.0. The number of fused-ring (bicyclic) bond motifs is 3. The monoisotopic (exact) mass is 437 g/mol. The Morgan fingerprint density at radius 3 is 2.72 bits per heavy atom. The van der Waals surface area contributed by atoms with Gasteiger partial charge in [0.25, 0.3) is 5.91 Å². The first-order valence-electron chi connectivity index (χ1n) is 12.0. The van der Waals surface area contributed by atoms with Gasteiger partial charge in [0.05, 0.1) is 0 Å². The molecule has 6 rings (SSSR count). The zero-order chi connectivity index (χ0) is 22.0. The highest BCUT2D eigenvalue weighted by molar-refractivity contribution is 6.05. The Labute approximate surface area is 188 Å². The molecule has 1 spiro atoms. The zero-order valence-corrected chi connectivity index (χ0v) is 18.4. The second kappa shape index (κ2) is 7.37. The van der Waals surface area contributed by atoms with Crippen molar-refractivity contribution in [3.63, 3.8) is 0 Å². The molecule has 1 saturated carbocycles. The smallest absolute Gasteiger partial charge is 0.255 e. The molecule has 4 heterocycles. The lowest BCUT2D eigenvalue weighted by Gasteiger charge is -2.61. The normalized spacial score (nSPS) is 35.1. The van der Waals surface area contributed by atoms with Gasteiger partial charge in [0.1, 0.15) is 6.04 Å². The van der Waals surface area contributed by atoms with E-state index in [1.807, 2.05) is 6.07 Å². The number of nitrogens with one attached hydrogen (secondary N) is 1. The molecule has 4 fully saturated rings. The summed E-state index contributed by atoms with van der Waals surface area (Å²) in [7, 11) is 0. The molecule has 2 atom stereocenters. The van der Waals surface area contributed by atoms with Crippen molar-refractivity contribution >= 4 is 17.7 Å². The highest BCUT2D eigenvalue weighted by Gasteiger charge is 2.56. The highest BCUT2D eigenvalue weighted by atomic mass is 16.2. The predicted molar refractivity (Wildman–Crippen MR) is 117 cm³/mol. The van der Waals surface area contributed by atoms with Crippen LogP contribution in [0.15, 0.2) is 18.2 Å². The van der Waals surface area contributed by atoms with Crippen molar-refractivity contribution in [1.29, 1.82) is 0 Å². The van der Waals surface area contributed by atoms with Gasteiger partial charge >= 0.3 is 0 Å². The minimum atomic E-state index is -0.564. The summed E-state index contributed by atoms with van der Waals surface area (Å²) in [5.74, 6) is -0.730. The molecule has 1 aromatic rings. The first-order chi connectivity index (χ1) is 15.4. The van der Waals surface area contributed by atoms with Gasteiger partial charge < -0.3 is 10.6 Å². The number of imide groups is 1. The molecule has 0 bridgehead atoms. The third-order valence-electron chi connectivity index (χ3n) is 8.46. The molecule has 170 valence electrons. The van der Waals surface area contributed by atoms with E-state index in [-0.39, 0.29) is 29.7 Å². The predicted octanol–water partition coefficient (Wildman–Crippen LogP) is 0.588. The summed E-state index contributed by atoms with van der Waals surface area (Å²) in [6, 6.07) is 6.49. The maximum atomic E-state index is 13.0. The number of amides is 3. The van der Waals surface area contributed by atoms with Crippen LogP contribution in [0, 0.1) is 0 Å². The van der Waals surface area contributed by atoms with Gasteiger partial charge in [-0.05, 0) is 55.8 Å². The van der Waals surface area contributed by atoms with E-state index in [0.29, 0.717) is 30.6 Å². The van der Waals surface area contributed by atoms with Crippen molar-refractivity contribution in [3.8, 4) is 0 Å². The highest BCUT2D eigenvalue weighted by Crippen LogP contribution is 2.48. The lowest BCUT2D eigenvalue weighted by Crippen LogP contribution is -2.73. The maximum absolute atomic E-state index is 13.0. The molecule has 4 aliphatic heterocycles. The lowest BCUT2D eigenvalue weighted by atomic mass is 9.65. The van der Waals surface area contributed by atoms with Gasteiger partial charge in [-0.1, -0.05) is 12.1 Å². The Morgan fingerprint density at radius 2 is 1.94 bits per heavy atom. The number of nitrogens with two attached hydrogens (primary N) is 1. The molecule has 3 N–H and O–H groups in total. The van der Waals surface area contributed by atoms with Crippen LogP contribution in [0.1, 0.15) is 60.0 Å². The van der Waals surface area contributed by atoms with Gasteiger partial charge in [-0.15, -0.1) is 0 Å². The number of nitrogens with zero attached hydrogens (tertiary/aromatic N) is 3. The standard InChI is InChI=1S/C24H31N5O3/c25-17-11-24(12-17)20-2-1-7-27(20)8-9-28(24)13-15-3-4-18-16(10-15)14-29(23(18)32)19-5-6-21(30)26-22(19)31/h3-4,10,17,19-20H,1-2,5-9,11-14,25H2,(H,26,30,31). The van der Waals surface area contributed by atoms with E-state index in [1.54, 1.807) is 4.90 Å². The SMILES string of the molecule is NC1CC2(C1)C1CCCN1CCN2Cc1ccc2c(c1)CN(C1CCC(=O)NC1=O)C2=O. The first kappa shape index (κ1) is 20.3. The molecular formula is C24H31N5O3. The average Bonchev–Trinajstić information content (AvgIpc) is 3.34. The van der Waals surface area contributed by atoms with E-state index < -0.39 is 6.04 Å². The number of piperazine rings is 1. The van der Waals surface area contributed by atoms with Crippen molar-refractivity contribution in [2.24, 2.45) is 5.73 Å². The van der Waals surface area contributed by atoms with Gasteiger partial charge in [-0.2, -0.15) is 0 Å². The zero-order valence-electron chi connectivity index (χ0n) is 18.4. The van der Waals surface area contributed by atoms with Gasteiger partial charge in [-0.25, -0.2) is 0 Å². The van der Waals surface area contributed by atoms with Crippen molar-refractivity contribution in [1.82, 2.24) is 20.0 Å². The second-order valence-corrected chi connectivity index (χ2v) is 10.3. The summed E-state index contributed by atoms with van der Waals surface area (Å²) in [6.07, 6.45) is 5.36. The van der Waals surface area contributed by atoms with Crippen LogP contribution in [0.5, 0.6) is 0 Å². The van der Waals surface area contributed by atoms with E-state index in [4.69, 9.17) is 5.73 Å². The number of carbonyl (C=O) groups excluding carboxylic acids is 3. The molecule has 8 heteroatoms. The van der Waals surface area contributed by atoms with Crippen LogP contribution in [0.25, 0.3) is 0 Å². The topological polar surface area (TPSA) is 99.0 Å². The number of piperidine rings is 1. The Bertz CT molecular complexity index is 988. The molecule has 8 nitrogen and oxygen atoms in total. The Morgan fingerprint density at radius 1 is 1.09 bits per heavy atom. The van der Waals surface area contributed by atoms with Crippen LogP contribution >= 0.6 is 0 Å². The van der Waals surface area contributed by atoms with E-state index in [9.17, 15) is 14.4 Å². The summed E-state index contributed by atoms with van der Waals surface area (Å²) >= 11 is 0. The summed E-state index contributed by atoms with van der Waals surface area (Å²) in [4.78, 5) is 43.7. The average molecular weight is 438 g/mol. The van der Waals surface area contributed by atoms with Crippen LogP contribution in [-0.2, 0) is 22.7 Å². The molecule has 5 aliphatic rings. The number of hydrogen-bond donors (Lipinski definition) is 2. The summed E-state index contributed by atoms with van der Waals surface area (Å²) < 4.78 is 0. The molecular weight excluding hydrogens is 406 g/mol. The largest absolute Gasteiger partial charge is 0.328 e. The third kappa shape index (κ3) is 3.03. The lowest BCUT2D eigenvalue weighted by molar-refractivity contribution is -0.136. The number of hydrogen-bond acceptors (Lipinski definition) is 6. The van der Waals surface area contributed by atoms with E-state index in [1.165, 1.54) is 24.9 Å². The Balaban J connectivity index is 1.21. The molecule has 32 heavy (non-hydrogen) atoms. The molecule has 1 aromatic carbocycles. The fraction of sp³-hybridized carbons (Fsp3) is 0.625. The quantitative estimate of drug-likeness (QED) is 0.672. The van der Waals surface area contributed by atoms with Crippen LogP contribution in [0.2, 0.25) is 0 Å². The second-order valence-electron chi connectivity index (χ2n) is 10.3. The number of benzene rings is 1. The maximum Gasteiger partial charge on any atom is 0.255 e. The summed E-state index contributed by atoms with van der Waals surface area (Å²) in [5, 5.41) is 2.37. The molecule has 0 radical (unpaired) electrons. The fourth-order valence-electron chi connectivity index (χ4n) is 6.95. The van der Waals surface area contributed by atoms with E-state index >= 15 is 0 Å². The van der Waals surface area contributed by atoms with Crippen LogP contribution < -0.4 is 11.1 Å². The molecule has 1 aliphatic carbocycles. The van der Waals surface area contributed by atoms with Gasteiger partial charge in [0.2, 0.25) is 11.8 Å². The summed E-state index contributed by atoms with van der Waals surface area (Å²) in [5.41, 5.74) is 9.35.